The Bertz CT molecular complexity index is 1150. The predicted molar refractivity (Wildman–Crippen MR) is 157 cm³/mol. The predicted octanol–water partition coefficient (Wildman–Crippen LogP) is 8.59. The molecule has 0 unspecified atom stereocenters. The fourth-order valence-electron chi connectivity index (χ4n) is 4.49. The van der Waals surface area contributed by atoms with Crippen LogP contribution < -0.4 is 10.1 Å². The van der Waals surface area contributed by atoms with Crippen LogP contribution in [0.5, 0.6) is 11.5 Å². The number of nitrogens with one attached hydrogen (secondary N) is 1. The third-order valence-electron chi connectivity index (χ3n) is 6.54. The number of hydrogen-bond donors (Lipinski definition) is 2. The Labute approximate surface area is 229 Å². The van der Waals surface area contributed by atoms with Crippen LogP contribution in [0.4, 0.5) is 5.69 Å². The Kier molecular flexibility index (Phi) is 10.1. The molecule has 2 aromatic carbocycles. The van der Waals surface area contributed by atoms with E-state index in [1.165, 1.54) is 16.8 Å². The molecule has 3 aromatic rings. The number of aryl methyl sites for hydroxylation is 1. The van der Waals surface area contributed by atoms with Crippen LogP contribution in [0.3, 0.4) is 0 Å². The summed E-state index contributed by atoms with van der Waals surface area (Å²) >= 11 is 0. The Morgan fingerprint density at radius 1 is 0.946 bits per heavy atom. The Balaban J connectivity index is 0.00000481. The van der Waals surface area contributed by atoms with E-state index in [0.29, 0.717) is 18.2 Å². The summed E-state index contributed by atoms with van der Waals surface area (Å²) in [6.45, 7) is 20.4. The molecule has 2 N–H and O–H groups in total. The molecule has 5 nitrogen and oxygen atoms in total. The van der Waals surface area contributed by atoms with Crippen molar-refractivity contribution in [3.8, 4) is 23.0 Å². The lowest BCUT2D eigenvalue weighted by Gasteiger charge is -2.27. The lowest BCUT2D eigenvalue weighted by molar-refractivity contribution is 0.298. The van der Waals surface area contributed by atoms with Gasteiger partial charge in [-0.05, 0) is 53.9 Å². The van der Waals surface area contributed by atoms with Crippen molar-refractivity contribution >= 4 is 18.1 Å². The third kappa shape index (κ3) is 7.01. The molecule has 0 aliphatic carbocycles. The molecule has 37 heavy (non-hydrogen) atoms. The number of phenolic OH excluding ortho intramolecular Hbond substituents is 1. The zero-order valence-corrected chi connectivity index (χ0v) is 24.9. The summed E-state index contributed by atoms with van der Waals surface area (Å²) in [6.07, 6.45) is 4.60. The summed E-state index contributed by atoms with van der Waals surface area (Å²) in [7, 11) is 0. The highest BCUT2D eigenvalue weighted by Crippen LogP contribution is 2.42. The van der Waals surface area contributed by atoms with Crippen molar-refractivity contribution in [1.82, 2.24) is 4.98 Å². The molecule has 1 heterocycles. The number of oxazole rings is 1. The number of phenols is 1. The highest BCUT2D eigenvalue weighted by Gasteiger charge is 2.27. The first-order chi connectivity index (χ1) is 16.9. The number of nitrogens with zero attached hydrogens (tertiary/aromatic N) is 1. The number of aromatic hydroxyl groups is 1. The molecule has 0 saturated heterocycles. The molecule has 0 spiro atoms. The minimum Gasteiger partial charge on any atom is -0.507 e. The average Bonchev–Trinajstić information content (AvgIpc) is 3.28. The number of rotatable bonds is 9. The summed E-state index contributed by atoms with van der Waals surface area (Å²) in [6, 6.07) is 8.21. The topological polar surface area (TPSA) is 67.5 Å². The highest BCUT2D eigenvalue weighted by molar-refractivity contribution is 5.85. The van der Waals surface area contributed by atoms with Gasteiger partial charge in [0, 0.05) is 34.5 Å². The Morgan fingerprint density at radius 3 is 2.08 bits per heavy atom. The van der Waals surface area contributed by atoms with Crippen molar-refractivity contribution in [3.05, 3.63) is 58.5 Å². The highest BCUT2D eigenvalue weighted by atomic mass is 35.5. The first kappa shape index (κ1) is 30.6. The summed E-state index contributed by atoms with van der Waals surface area (Å²) in [4.78, 5) is 4.74. The van der Waals surface area contributed by atoms with Gasteiger partial charge in [0.15, 0.2) is 0 Å². The lowest BCUT2D eigenvalue weighted by atomic mass is 9.78. The second-order valence-electron chi connectivity index (χ2n) is 11.6. The largest absolute Gasteiger partial charge is 0.507 e. The molecular weight excluding hydrogens is 484 g/mol. The first-order valence-corrected chi connectivity index (χ1v) is 13.2. The van der Waals surface area contributed by atoms with E-state index in [0.717, 1.165) is 53.9 Å². The van der Waals surface area contributed by atoms with E-state index in [4.69, 9.17) is 14.1 Å². The molecule has 6 heteroatoms. The van der Waals surface area contributed by atoms with E-state index in [9.17, 15) is 5.11 Å². The third-order valence-corrected chi connectivity index (χ3v) is 6.54. The van der Waals surface area contributed by atoms with Gasteiger partial charge in [-0.25, -0.2) is 4.98 Å². The molecule has 0 bridgehead atoms. The average molecular weight is 529 g/mol. The maximum Gasteiger partial charge on any atom is 0.226 e. The van der Waals surface area contributed by atoms with E-state index < -0.39 is 0 Å². The molecule has 0 amide bonds. The van der Waals surface area contributed by atoms with Crippen molar-refractivity contribution in [3.63, 3.8) is 0 Å². The van der Waals surface area contributed by atoms with Crippen LogP contribution in [-0.4, -0.2) is 16.6 Å². The van der Waals surface area contributed by atoms with Crippen LogP contribution in [0.25, 0.3) is 11.5 Å². The molecule has 0 saturated carbocycles. The molecule has 0 aliphatic rings. The van der Waals surface area contributed by atoms with Gasteiger partial charge in [0.05, 0.1) is 0 Å². The van der Waals surface area contributed by atoms with Crippen molar-refractivity contribution in [2.24, 2.45) is 0 Å². The summed E-state index contributed by atoms with van der Waals surface area (Å²) < 4.78 is 12.2. The fourth-order valence-corrected chi connectivity index (χ4v) is 4.49. The fraction of sp³-hybridized carbons (Fsp3) is 0.516. The normalized spacial score (nSPS) is 11.8. The zero-order valence-electron chi connectivity index (χ0n) is 24.0. The monoisotopic (exact) mass is 528 g/mol. The maximum atomic E-state index is 11.0. The van der Waals surface area contributed by atoms with Crippen molar-refractivity contribution in [1.29, 1.82) is 0 Å². The van der Waals surface area contributed by atoms with Gasteiger partial charge < -0.3 is 19.6 Å². The van der Waals surface area contributed by atoms with Crippen LogP contribution in [-0.2, 0) is 30.3 Å². The van der Waals surface area contributed by atoms with Gasteiger partial charge in [-0.3, -0.25) is 0 Å². The molecule has 0 aliphatic heterocycles. The standard InChI is InChI=1S/C31H44N2O3.ClH/c1-10-15-32-27-20(11-2)13-14-26(23(27)12-3)35-18-22-19-36-29(33-22)21-16-24(30(4,5)6)28(34)25(17-21)31(7,8)9;/h13-14,16-17,19,32,34H,10-12,15,18H2,1-9H3;1H. The van der Waals surface area contributed by atoms with Gasteiger partial charge in [0.1, 0.15) is 30.1 Å². The maximum absolute atomic E-state index is 11.0. The molecule has 0 radical (unpaired) electrons. The Morgan fingerprint density at radius 2 is 1.57 bits per heavy atom. The summed E-state index contributed by atoms with van der Waals surface area (Å²) in [5, 5.41) is 14.6. The van der Waals surface area contributed by atoms with E-state index >= 15 is 0 Å². The number of benzene rings is 2. The van der Waals surface area contributed by atoms with Gasteiger partial charge in [0.2, 0.25) is 5.89 Å². The van der Waals surface area contributed by atoms with E-state index in [1.807, 2.05) is 12.1 Å². The van der Waals surface area contributed by atoms with Gasteiger partial charge in [0.25, 0.3) is 0 Å². The zero-order chi connectivity index (χ0) is 26.7. The first-order valence-electron chi connectivity index (χ1n) is 13.2. The minimum atomic E-state index is -0.219. The number of aromatic nitrogens is 1. The molecular formula is C31H45ClN2O3. The number of halogens is 1. The van der Waals surface area contributed by atoms with Gasteiger partial charge in [-0.1, -0.05) is 68.4 Å². The van der Waals surface area contributed by atoms with Crippen LogP contribution in [0.1, 0.15) is 96.7 Å². The summed E-state index contributed by atoms with van der Waals surface area (Å²) in [5.41, 5.74) is 6.65. The number of ether oxygens (including phenoxy) is 1. The van der Waals surface area contributed by atoms with E-state index in [1.54, 1.807) is 6.26 Å². The second kappa shape index (κ2) is 12.3. The molecule has 0 atom stereocenters. The Hall–Kier alpha value is -2.66. The molecule has 1 aromatic heterocycles. The quantitative estimate of drug-likeness (QED) is 0.291. The smallest absolute Gasteiger partial charge is 0.226 e. The lowest BCUT2D eigenvalue weighted by Crippen LogP contribution is -2.17. The van der Waals surface area contributed by atoms with Gasteiger partial charge >= 0.3 is 0 Å². The van der Waals surface area contributed by atoms with Crippen LogP contribution in [0.15, 0.2) is 34.9 Å². The van der Waals surface area contributed by atoms with Gasteiger partial charge in [-0.15, -0.1) is 12.4 Å². The minimum absolute atomic E-state index is 0. The van der Waals surface area contributed by atoms with Crippen LogP contribution in [0.2, 0.25) is 0 Å². The van der Waals surface area contributed by atoms with E-state index in [-0.39, 0.29) is 23.2 Å². The second-order valence-corrected chi connectivity index (χ2v) is 11.6. The SMILES string of the molecule is CCCNc1c(CC)ccc(OCc2coc(-c3cc(C(C)(C)C)c(O)c(C(C)(C)C)c3)n2)c1CC.Cl. The molecule has 204 valence electrons. The number of anilines is 1. The van der Waals surface area contributed by atoms with Crippen LogP contribution in [0, 0.1) is 0 Å². The molecule has 0 fully saturated rings. The van der Waals surface area contributed by atoms with Crippen LogP contribution >= 0.6 is 12.4 Å². The van der Waals surface area contributed by atoms with Gasteiger partial charge in [-0.2, -0.15) is 0 Å². The van der Waals surface area contributed by atoms with Crippen molar-refractivity contribution < 1.29 is 14.3 Å². The van der Waals surface area contributed by atoms with Crippen molar-refractivity contribution in [2.45, 2.75) is 99.0 Å². The van der Waals surface area contributed by atoms with E-state index in [2.05, 4.69) is 79.8 Å². The van der Waals surface area contributed by atoms with Crippen molar-refractivity contribution in [2.75, 3.05) is 11.9 Å². The molecule has 3 rings (SSSR count). The summed E-state index contributed by atoms with van der Waals surface area (Å²) in [5.74, 6) is 1.77. The number of hydrogen-bond acceptors (Lipinski definition) is 5.